The summed E-state index contributed by atoms with van der Waals surface area (Å²) in [4.78, 5) is 28.0. The van der Waals surface area contributed by atoms with Crippen LogP contribution in [0.1, 0.15) is 34.3 Å². The summed E-state index contributed by atoms with van der Waals surface area (Å²) in [6.45, 7) is 1.34. The molecule has 5 rings (SSSR count). The van der Waals surface area contributed by atoms with Gasteiger partial charge in [-0.1, -0.05) is 12.1 Å². The van der Waals surface area contributed by atoms with Gasteiger partial charge in [0.15, 0.2) is 11.5 Å². The molecule has 34 heavy (non-hydrogen) atoms. The predicted molar refractivity (Wildman–Crippen MR) is 130 cm³/mol. The number of hydrogen-bond acceptors (Lipinski definition) is 7. The Balaban J connectivity index is 1.49. The fourth-order valence-electron chi connectivity index (χ4n) is 4.50. The number of carbonyl (C=O) groups is 2. The van der Waals surface area contributed by atoms with Gasteiger partial charge in [-0.05, 0) is 59.0 Å². The zero-order valence-electron chi connectivity index (χ0n) is 19.0. The highest BCUT2D eigenvalue weighted by Gasteiger charge is 2.32. The van der Waals surface area contributed by atoms with Crippen molar-refractivity contribution >= 4 is 39.4 Å². The number of ketones is 1. The first-order chi connectivity index (χ1) is 16.5. The van der Waals surface area contributed by atoms with E-state index in [1.165, 1.54) is 0 Å². The highest BCUT2D eigenvalue weighted by Crippen LogP contribution is 2.51. The standard InChI is InChI=1S/C25H25BrN2O6/c1-28-9-8-16-17(22(31-2)24-23(20(16)26)33-13-34-24)12-18(28)21(29)14-5-3-6-15(11-14)27-25(30)19-7-4-10-32-19/h3,5-6,11-12,19H,4,7-10,13H2,1-2H3,(H,27,30)/t19-/m0/s1. The summed E-state index contributed by atoms with van der Waals surface area (Å²) in [5, 5.41) is 2.87. The molecule has 3 aliphatic rings. The summed E-state index contributed by atoms with van der Waals surface area (Å²) in [6, 6.07) is 6.98. The number of nitrogens with one attached hydrogen (secondary N) is 1. The second kappa shape index (κ2) is 9.31. The lowest BCUT2D eigenvalue weighted by atomic mass is 10.0. The molecule has 1 saturated heterocycles. The van der Waals surface area contributed by atoms with Gasteiger partial charge in [-0.25, -0.2) is 0 Å². The Kier molecular flexibility index (Phi) is 6.22. The number of nitrogens with zero attached hydrogens (tertiary/aromatic N) is 1. The second-order valence-electron chi connectivity index (χ2n) is 8.41. The Morgan fingerprint density at radius 3 is 2.82 bits per heavy atom. The van der Waals surface area contributed by atoms with Crippen molar-refractivity contribution in [1.29, 1.82) is 0 Å². The third-order valence-corrected chi connectivity index (χ3v) is 7.13. The van der Waals surface area contributed by atoms with Crippen molar-refractivity contribution in [3.05, 3.63) is 51.1 Å². The molecule has 0 aromatic heterocycles. The van der Waals surface area contributed by atoms with E-state index in [-0.39, 0.29) is 18.5 Å². The largest absolute Gasteiger partial charge is 0.492 e. The molecule has 8 nitrogen and oxygen atoms in total. The van der Waals surface area contributed by atoms with Crippen molar-refractivity contribution in [1.82, 2.24) is 4.90 Å². The van der Waals surface area contributed by atoms with Crippen LogP contribution in [0, 0.1) is 0 Å². The smallest absolute Gasteiger partial charge is 0.253 e. The summed E-state index contributed by atoms with van der Waals surface area (Å²) in [5.74, 6) is 1.35. The van der Waals surface area contributed by atoms with Crippen LogP contribution in [-0.4, -0.2) is 56.8 Å². The van der Waals surface area contributed by atoms with Crippen LogP contribution in [0.15, 0.2) is 34.4 Å². The molecule has 0 radical (unpaired) electrons. The lowest BCUT2D eigenvalue weighted by molar-refractivity contribution is -0.124. The van der Waals surface area contributed by atoms with E-state index >= 15 is 0 Å². The van der Waals surface area contributed by atoms with E-state index in [0.29, 0.717) is 60.2 Å². The maximum Gasteiger partial charge on any atom is 0.253 e. The molecule has 1 fully saturated rings. The molecule has 0 aliphatic carbocycles. The number of fused-ring (bicyclic) bond motifs is 2. The third-order valence-electron chi connectivity index (χ3n) is 6.29. The maximum atomic E-state index is 13.6. The lowest BCUT2D eigenvalue weighted by Gasteiger charge is -2.20. The molecule has 9 heteroatoms. The first kappa shape index (κ1) is 22.7. The number of hydrogen-bond donors (Lipinski definition) is 1. The Hall–Kier alpha value is -3.04. The van der Waals surface area contributed by atoms with Crippen LogP contribution < -0.4 is 19.5 Å². The number of amides is 1. The van der Waals surface area contributed by atoms with Crippen molar-refractivity contribution in [2.45, 2.75) is 25.4 Å². The number of likely N-dealkylation sites (N-methyl/N-ethyl adjacent to an activating group) is 1. The van der Waals surface area contributed by atoms with Gasteiger partial charge in [0.25, 0.3) is 5.91 Å². The summed E-state index contributed by atoms with van der Waals surface area (Å²) in [7, 11) is 3.47. The van der Waals surface area contributed by atoms with Crippen LogP contribution >= 0.6 is 15.9 Å². The van der Waals surface area contributed by atoms with Gasteiger partial charge in [-0.2, -0.15) is 0 Å². The van der Waals surface area contributed by atoms with E-state index in [9.17, 15) is 9.59 Å². The van der Waals surface area contributed by atoms with E-state index in [4.69, 9.17) is 18.9 Å². The quantitative estimate of drug-likeness (QED) is 0.586. The summed E-state index contributed by atoms with van der Waals surface area (Å²) >= 11 is 3.65. The summed E-state index contributed by atoms with van der Waals surface area (Å²) in [5.41, 5.74) is 3.34. The molecule has 1 N–H and O–H groups in total. The molecule has 1 amide bonds. The zero-order chi connectivity index (χ0) is 23.8. The average molecular weight is 529 g/mol. The van der Waals surface area contributed by atoms with Crippen molar-refractivity contribution in [2.24, 2.45) is 0 Å². The molecule has 0 spiro atoms. The Morgan fingerprint density at radius 1 is 1.24 bits per heavy atom. The Bertz CT molecular complexity index is 1190. The SMILES string of the molecule is COc1c2c(c(Br)c3c1OCO3)CCN(C)C(C(=O)c1cccc(NC(=O)[C@@H]3CCCO3)c1)=C2. The van der Waals surface area contributed by atoms with Gasteiger partial charge in [0.05, 0.1) is 17.3 Å². The molecule has 2 aromatic carbocycles. The number of allylic oxidation sites excluding steroid dienone is 1. The van der Waals surface area contributed by atoms with Crippen LogP contribution in [0.5, 0.6) is 17.2 Å². The van der Waals surface area contributed by atoms with Crippen LogP contribution in [0.25, 0.3) is 6.08 Å². The van der Waals surface area contributed by atoms with Crippen molar-refractivity contribution < 1.29 is 28.5 Å². The van der Waals surface area contributed by atoms with Gasteiger partial charge in [-0.15, -0.1) is 0 Å². The fourth-order valence-corrected chi connectivity index (χ4v) is 5.21. The van der Waals surface area contributed by atoms with Gasteiger partial charge in [0.1, 0.15) is 6.10 Å². The Morgan fingerprint density at radius 2 is 2.06 bits per heavy atom. The van der Waals surface area contributed by atoms with E-state index in [1.54, 1.807) is 31.4 Å². The molecule has 2 aromatic rings. The third kappa shape index (κ3) is 4.03. The first-order valence-corrected chi connectivity index (χ1v) is 11.9. The van der Waals surface area contributed by atoms with Gasteiger partial charge in [-0.3, -0.25) is 9.59 Å². The zero-order valence-corrected chi connectivity index (χ0v) is 20.6. The van der Waals surface area contributed by atoms with Crippen LogP contribution in [0.4, 0.5) is 5.69 Å². The second-order valence-corrected chi connectivity index (χ2v) is 9.20. The fraction of sp³-hybridized carbons (Fsp3) is 0.360. The van der Waals surface area contributed by atoms with E-state index in [0.717, 1.165) is 22.0 Å². The molecule has 1 atom stereocenters. The molecule has 0 unspecified atom stereocenters. The molecule has 0 saturated carbocycles. The summed E-state index contributed by atoms with van der Waals surface area (Å²) < 4.78 is 23.2. The van der Waals surface area contributed by atoms with Crippen molar-refractivity contribution in [3.8, 4) is 17.2 Å². The molecule has 3 heterocycles. The number of methoxy groups -OCH3 is 1. The number of anilines is 1. The highest BCUT2D eigenvalue weighted by molar-refractivity contribution is 9.10. The number of benzene rings is 2. The van der Waals surface area contributed by atoms with Crippen LogP contribution in [0.3, 0.4) is 0 Å². The molecular formula is C25H25BrN2O6. The number of ether oxygens (including phenoxy) is 4. The number of carbonyl (C=O) groups excluding carboxylic acids is 2. The molecule has 178 valence electrons. The van der Waals surface area contributed by atoms with Gasteiger partial charge in [0.2, 0.25) is 18.3 Å². The minimum absolute atomic E-state index is 0.118. The normalized spacial score (nSPS) is 18.7. The maximum absolute atomic E-state index is 13.6. The van der Waals surface area contributed by atoms with Crippen molar-refractivity contribution in [3.63, 3.8) is 0 Å². The van der Waals surface area contributed by atoms with Gasteiger partial charge in [0, 0.05) is 37.0 Å². The minimum atomic E-state index is -0.439. The van der Waals surface area contributed by atoms with Gasteiger partial charge >= 0.3 is 0 Å². The molecule has 3 aliphatic heterocycles. The molecule has 0 bridgehead atoms. The van der Waals surface area contributed by atoms with Crippen LogP contribution in [-0.2, 0) is 16.0 Å². The monoisotopic (exact) mass is 528 g/mol. The number of Topliss-reactive ketones (excluding diaryl/α,β-unsaturated/α-hetero) is 1. The van der Waals surface area contributed by atoms with Crippen molar-refractivity contribution in [2.75, 3.05) is 39.4 Å². The highest BCUT2D eigenvalue weighted by atomic mass is 79.9. The number of halogens is 1. The summed E-state index contributed by atoms with van der Waals surface area (Å²) in [6.07, 6.45) is 3.67. The minimum Gasteiger partial charge on any atom is -0.492 e. The van der Waals surface area contributed by atoms with E-state index < -0.39 is 6.10 Å². The number of rotatable bonds is 5. The molecular weight excluding hydrogens is 504 g/mol. The Labute approximate surface area is 205 Å². The predicted octanol–water partition coefficient (Wildman–Crippen LogP) is 4.02. The van der Waals surface area contributed by atoms with E-state index in [2.05, 4.69) is 21.2 Å². The first-order valence-electron chi connectivity index (χ1n) is 11.2. The van der Waals surface area contributed by atoms with Crippen LogP contribution in [0.2, 0.25) is 0 Å². The topological polar surface area (TPSA) is 86.3 Å². The average Bonchev–Trinajstić information content (AvgIpc) is 3.52. The van der Waals surface area contributed by atoms with E-state index in [1.807, 2.05) is 18.0 Å². The van der Waals surface area contributed by atoms with Gasteiger partial charge < -0.3 is 29.2 Å². The lowest BCUT2D eigenvalue weighted by Crippen LogP contribution is -2.27.